The van der Waals surface area contributed by atoms with E-state index >= 15 is 0 Å². The Morgan fingerprint density at radius 2 is 1.91 bits per heavy atom. The zero-order valence-electron chi connectivity index (χ0n) is 19.1. The molecule has 0 amide bonds. The van der Waals surface area contributed by atoms with E-state index in [0.29, 0.717) is 19.8 Å². The normalized spacial score (nSPS) is 16.9. The smallest absolute Gasteiger partial charge is 0.336 e. The van der Waals surface area contributed by atoms with E-state index in [0.717, 1.165) is 57.6 Å². The Kier molecular flexibility index (Phi) is 6.28. The Bertz CT molecular complexity index is 1220. The number of hydrogen-bond donors (Lipinski definition) is 0. The second-order valence-electron chi connectivity index (χ2n) is 7.91. The average Bonchev–Trinajstić information content (AvgIpc) is 3.44. The van der Waals surface area contributed by atoms with E-state index in [1.807, 2.05) is 18.2 Å². The molecule has 33 heavy (non-hydrogen) atoms. The Morgan fingerprint density at radius 3 is 2.64 bits per heavy atom. The van der Waals surface area contributed by atoms with Crippen LogP contribution in [0.5, 0.6) is 0 Å². The number of nitrogens with zero attached hydrogens (tertiary/aromatic N) is 5. The summed E-state index contributed by atoms with van der Waals surface area (Å²) in [6.45, 7) is 5.73. The van der Waals surface area contributed by atoms with Crippen molar-refractivity contribution in [2.24, 2.45) is 0 Å². The lowest BCUT2D eigenvalue weighted by Crippen LogP contribution is -2.39. The first-order chi connectivity index (χ1) is 16.0. The maximum atomic E-state index is 12.8. The van der Waals surface area contributed by atoms with Crippen molar-refractivity contribution in [3.05, 3.63) is 51.9 Å². The minimum atomic E-state index is -3.20. The lowest BCUT2D eigenvalue weighted by Gasteiger charge is -2.35. The third kappa shape index (κ3) is 4.22. The molecule has 0 radical (unpaired) electrons. The SMILES string of the molecule is CCc1nc2ccccc2n1N1C=C(N2CCOCC2)c2nc(CP(=O)(OC)OC)sc2C1. The third-order valence-electron chi connectivity index (χ3n) is 5.98. The topological polar surface area (TPSA) is 82.0 Å². The standard InChI is InChI=1S/C22H28N5O4PS/c1-4-20-23-16-7-5-6-8-17(16)27(20)26-13-18(25-9-11-31-12-10-25)22-19(14-26)33-21(24-22)15-32(28,29-2)30-3/h5-8,13H,4,9-12,14-15H2,1-3H3. The van der Waals surface area contributed by atoms with E-state index in [-0.39, 0.29) is 6.16 Å². The number of fused-ring (bicyclic) bond motifs is 2. The minimum Gasteiger partial charge on any atom is -0.378 e. The highest BCUT2D eigenvalue weighted by molar-refractivity contribution is 7.53. The van der Waals surface area contributed by atoms with Gasteiger partial charge in [0.2, 0.25) is 0 Å². The summed E-state index contributed by atoms with van der Waals surface area (Å²) in [6, 6.07) is 8.21. The molecule has 2 aromatic heterocycles. The van der Waals surface area contributed by atoms with Gasteiger partial charge in [-0.25, -0.2) is 14.6 Å². The van der Waals surface area contributed by atoms with Crippen molar-refractivity contribution in [1.82, 2.24) is 19.5 Å². The second kappa shape index (κ2) is 9.19. The molecule has 4 heterocycles. The van der Waals surface area contributed by atoms with Crippen LogP contribution in [0.15, 0.2) is 30.5 Å². The van der Waals surface area contributed by atoms with Crippen molar-refractivity contribution in [3.8, 4) is 0 Å². The van der Waals surface area contributed by atoms with Crippen molar-refractivity contribution in [1.29, 1.82) is 0 Å². The monoisotopic (exact) mass is 489 g/mol. The fourth-order valence-electron chi connectivity index (χ4n) is 4.28. The van der Waals surface area contributed by atoms with Crippen LogP contribution in [0.1, 0.15) is 28.3 Å². The number of para-hydroxylation sites is 2. The second-order valence-corrected chi connectivity index (χ2v) is 11.3. The van der Waals surface area contributed by atoms with Gasteiger partial charge in [-0.1, -0.05) is 19.1 Å². The Hall–Kier alpha value is -2.23. The predicted octanol–water partition coefficient (Wildman–Crippen LogP) is 3.82. The van der Waals surface area contributed by atoms with Crippen LogP contribution in [0, 0.1) is 0 Å². The quantitative estimate of drug-likeness (QED) is 0.464. The summed E-state index contributed by atoms with van der Waals surface area (Å²) >= 11 is 1.56. The molecule has 9 nitrogen and oxygen atoms in total. The van der Waals surface area contributed by atoms with Gasteiger partial charge in [-0.2, -0.15) is 0 Å². The molecule has 2 aliphatic rings. The van der Waals surface area contributed by atoms with Crippen LogP contribution in [0.25, 0.3) is 16.7 Å². The zero-order chi connectivity index (χ0) is 23.0. The number of aromatic nitrogens is 3. The molecule has 3 aromatic rings. The van der Waals surface area contributed by atoms with Crippen LogP contribution in [0.2, 0.25) is 0 Å². The van der Waals surface area contributed by atoms with E-state index in [4.69, 9.17) is 23.8 Å². The zero-order valence-corrected chi connectivity index (χ0v) is 20.8. The van der Waals surface area contributed by atoms with E-state index in [2.05, 4.69) is 33.8 Å². The summed E-state index contributed by atoms with van der Waals surface area (Å²) in [5, 5.41) is 2.97. The Morgan fingerprint density at radius 1 is 1.15 bits per heavy atom. The molecule has 0 spiro atoms. The lowest BCUT2D eigenvalue weighted by molar-refractivity contribution is 0.0636. The highest BCUT2D eigenvalue weighted by atomic mass is 32.1. The number of rotatable bonds is 7. The van der Waals surface area contributed by atoms with Crippen LogP contribution in [-0.4, -0.2) is 60.1 Å². The first kappa shape index (κ1) is 22.6. The van der Waals surface area contributed by atoms with Gasteiger partial charge in [0.05, 0.1) is 41.4 Å². The van der Waals surface area contributed by atoms with Crippen LogP contribution in [0.4, 0.5) is 0 Å². The van der Waals surface area contributed by atoms with Crippen molar-refractivity contribution in [2.45, 2.75) is 26.1 Å². The predicted molar refractivity (Wildman–Crippen MR) is 129 cm³/mol. The summed E-state index contributed by atoms with van der Waals surface area (Å²) in [5.74, 6) is 1.00. The van der Waals surface area contributed by atoms with Crippen LogP contribution in [0.3, 0.4) is 0 Å². The van der Waals surface area contributed by atoms with Crippen molar-refractivity contribution < 1.29 is 18.3 Å². The molecule has 0 N–H and O–H groups in total. The van der Waals surface area contributed by atoms with Crippen molar-refractivity contribution in [3.63, 3.8) is 0 Å². The summed E-state index contributed by atoms with van der Waals surface area (Å²) in [6.07, 6.45) is 3.14. The Balaban J connectivity index is 1.59. The van der Waals surface area contributed by atoms with Gasteiger partial charge < -0.3 is 18.7 Å². The van der Waals surface area contributed by atoms with Gasteiger partial charge in [0.25, 0.3) is 0 Å². The van der Waals surface area contributed by atoms with Gasteiger partial charge in [0.1, 0.15) is 22.7 Å². The molecule has 2 aliphatic heterocycles. The number of morpholine rings is 1. The molecule has 1 saturated heterocycles. The van der Waals surface area contributed by atoms with E-state index in [9.17, 15) is 4.57 Å². The van der Waals surface area contributed by atoms with Gasteiger partial charge in [-0.15, -0.1) is 11.3 Å². The van der Waals surface area contributed by atoms with Gasteiger partial charge in [0.15, 0.2) is 0 Å². The molecule has 0 bridgehead atoms. The maximum Gasteiger partial charge on any atom is 0.336 e. The molecular formula is C22H28N5O4PS. The minimum absolute atomic E-state index is 0.155. The average molecular weight is 490 g/mol. The highest BCUT2D eigenvalue weighted by Gasteiger charge is 2.31. The number of benzene rings is 1. The number of ether oxygens (including phenoxy) is 1. The fourth-order valence-corrected chi connectivity index (χ4v) is 6.69. The lowest BCUT2D eigenvalue weighted by atomic mass is 10.2. The molecule has 0 unspecified atom stereocenters. The summed E-state index contributed by atoms with van der Waals surface area (Å²) in [4.78, 5) is 13.2. The van der Waals surface area contributed by atoms with Gasteiger partial charge in [-0.05, 0) is 12.1 Å². The largest absolute Gasteiger partial charge is 0.378 e. The number of thiazole rings is 1. The maximum absolute atomic E-state index is 12.8. The molecule has 0 saturated carbocycles. The molecule has 176 valence electrons. The molecule has 5 rings (SSSR count). The van der Waals surface area contributed by atoms with Crippen LogP contribution < -0.4 is 5.01 Å². The summed E-state index contributed by atoms with van der Waals surface area (Å²) in [5.41, 5.74) is 4.04. The van der Waals surface area contributed by atoms with E-state index in [1.165, 1.54) is 14.2 Å². The number of imidazole rings is 1. The first-order valence-electron chi connectivity index (χ1n) is 11.0. The number of aryl methyl sites for hydroxylation is 1. The molecular weight excluding hydrogens is 461 g/mol. The van der Waals surface area contributed by atoms with Gasteiger partial charge in [0, 0.05) is 39.9 Å². The van der Waals surface area contributed by atoms with Crippen molar-refractivity contribution in [2.75, 3.05) is 45.5 Å². The number of hydrogen-bond acceptors (Lipinski definition) is 9. The molecule has 1 fully saturated rings. The highest BCUT2D eigenvalue weighted by Crippen LogP contribution is 2.51. The van der Waals surface area contributed by atoms with E-state index in [1.54, 1.807) is 11.3 Å². The molecule has 11 heteroatoms. The summed E-state index contributed by atoms with van der Waals surface area (Å²) in [7, 11) is -0.381. The van der Waals surface area contributed by atoms with Crippen molar-refractivity contribution >= 4 is 35.7 Å². The fraction of sp³-hybridized carbons (Fsp3) is 0.455. The van der Waals surface area contributed by atoms with Crippen LogP contribution in [-0.2, 0) is 37.5 Å². The molecule has 0 atom stereocenters. The first-order valence-corrected chi connectivity index (χ1v) is 13.6. The molecule has 1 aromatic carbocycles. The van der Waals surface area contributed by atoms with Crippen LogP contribution >= 0.6 is 18.9 Å². The summed E-state index contributed by atoms with van der Waals surface area (Å²) < 4.78 is 30.9. The van der Waals surface area contributed by atoms with Gasteiger partial charge >= 0.3 is 7.60 Å². The Labute approximate surface area is 197 Å². The van der Waals surface area contributed by atoms with Gasteiger partial charge in [-0.3, -0.25) is 9.57 Å². The molecule has 0 aliphatic carbocycles. The van der Waals surface area contributed by atoms with E-state index < -0.39 is 7.60 Å². The third-order valence-corrected chi connectivity index (χ3v) is 9.03.